The minimum Gasteiger partial charge on any atom is -0.307 e. The predicted octanol–water partition coefficient (Wildman–Crippen LogP) is 3.93. The van der Waals surface area contributed by atoms with E-state index < -0.39 is 0 Å². The van der Waals surface area contributed by atoms with Crippen LogP contribution in [0.3, 0.4) is 0 Å². The molecule has 0 aromatic heterocycles. The van der Waals surface area contributed by atoms with E-state index in [0.29, 0.717) is 11.5 Å². The van der Waals surface area contributed by atoms with Crippen LogP contribution in [0, 0.1) is 11.2 Å². The molecule has 16 heavy (non-hydrogen) atoms. The summed E-state index contributed by atoms with van der Waals surface area (Å²) >= 11 is 5.65. The maximum Gasteiger partial charge on any atom is 0.142 e. The van der Waals surface area contributed by atoms with Crippen molar-refractivity contribution >= 4 is 11.6 Å². The van der Waals surface area contributed by atoms with Crippen LogP contribution in [0.25, 0.3) is 0 Å². The van der Waals surface area contributed by atoms with E-state index in [9.17, 15) is 4.39 Å². The molecule has 1 fully saturated rings. The summed E-state index contributed by atoms with van der Waals surface area (Å²) in [6.45, 7) is 6.52. The van der Waals surface area contributed by atoms with Crippen LogP contribution in [-0.4, -0.2) is 6.04 Å². The molecule has 1 aromatic rings. The fourth-order valence-electron chi connectivity index (χ4n) is 1.93. The van der Waals surface area contributed by atoms with Crippen molar-refractivity contribution in [3.05, 3.63) is 34.6 Å². The number of hydrogen-bond donors (Lipinski definition) is 1. The molecule has 0 heterocycles. The van der Waals surface area contributed by atoms with Gasteiger partial charge in [-0.05, 0) is 36.5 Å². The van der Waals surface area contributed by atoms with Gasteiger partial charge in [0, 0.05) is 12.1 Å². The molecule has 2 unspecified atom stereocenters. The van der Waals surface area contributed by atoms with Crippen molar-refractivity contribution in [2.75, 3.05) is 0 Å². The lowest BCUT2D eigenvalue weighted by Crippen LogP contribution is -2.24. The quantitative estimate of drug-likeness (QED) is 0.846. The largest absolute Gasteiger partial charge is 0.307 e. The molecule has 1 N–H and O–H groups in total. The molecule has 1 saturated carbocycles. The summed E-state index contributed by atoms with van der Waals surface area (Å²) in [5.41, 5.74) is 1.34. The first-order valence-corrected chi connectivity index (χ1v) is 5.99. The molecule has 1 nitrogen and oxygen atoms in total. The third kappa shape index (κ3) is 2.38. The van der Waals surface area contributed by atoms with Crippen molar-refractivity contribution in [2.24, 2.45) is 5.41 Å². The van der Waals surface area contributed by atoms with Crippen molar-refractivity contribution in [1.82, 2.24) is 5.32 Å². The molecule has 2 atom stereocenters. The van der Waals surface area contributed by atoms with Crippen molar-refractivity contribution in [3.8, 4) is 0 Å². The fraction of sp³-hybridized carbons (Fsp3) is 0.538. The van der Waals surface area contributed by atoms with Crippen LogP contribution in [0.4, 0.5) is 4.39 Å². The highest BCUT2D eigenvalue weighted by atomic mass is 35.5. The Morgan fingerprint density at radius 1 is 1.50 bits per heavy atom. The van der Waals surface area contributed by atoms with E-state index in [1.807, 2.05) is 6.07 Å². The minimum absolute atomic E-state index is 0.165. The van der Waals surface area contributed by atoms with Crippen LogP contribution in [-0.2, 0) is 0 Å². The molecule has 2 rings (SSSR count). The second-order valence-electron chi connectivity index (χ2n) is 5.31. The van der Waals surface area contributed by atoms with Crippen molar-refractivity contribution in [1.29, 1.82) is 0 Å². The summed E-state index contributed by atoms with van der Waals surface area (Å²) in [5, 5.41) is 3.68. The zero-order valence-corrected chi connectivity index (χ0v) is 10.6. The van der Waals surface area contributed by atoms with Gasteiger partial charge in [-0.2, -0.15) is 0 Å². The molecule has 1 aliphatic carbocycles. The third-order valence-electron chi connectivity index (χ3n) is 3.41. The standard InChI is InChI=1S/C13H17ClFN/c1-8(16-12-7-13(12,2)3)9-4-5-10(14)11(15)6-9/h4-6,8,12,16H,7H2,1-3H3. The van der Waals surface area contributed by atoms with Gasteiger partial charge in [-0.15, -0.1) is 0 Å². The Morgan fingerprint density at radius 3 is 2.62 bits per heavy atom. The van der Waals surface area contributed by atoms with Gasteiger partial charge in [0.05, 0.1) is 5.02 Å². The molecule has 0 saturated heterocycles. The first kappa shape index (κ1) is 11.9. The SMILES string of the molecule is CC(NC1CC1(C)C)c1ccc(Cl)c(F)c1. The Bertz CT molecular complexity index is 403. The molecule has 88 valence electrons. The van der Waals surface area contributed by atoms with Gasteiger partial charge in [-0.25, -0.2) is 4.39 Å². The van der Waals surface area contributed by atoms with Gasteiger partial charge >= 0.3 is 0 Å². The number of benzene rings is 1. The highest BCUT2D eigenvalue weighted by Gasteiger charge is 2.45. The van der Waals surface area contributed by atoms with Crippen LogP contribution >= 0.6 is 11.6 Å². The average molecular weight is 242 g/mol. The zero-order valence-electron chi connectivity index (χ0n) is 9.85. The summed E-state index contributed by atoms with van der Waals surface area (Å²) in [6.07, 6.45) is 1.19. The first-order valence-electron chi connectivity index (χ1n) is 5.61. The van der Waals surface area contributed by atoms with Gasteiger partial charge in [-0.3, -0.25) is 0 Å². The van der Waals surface area contributed by atoms with E-state index >= 15 is 0 Å². The zero-order chi connectivity index (χ0) is 11.9. The Balaban J connectivity index is 2.04. The van der Waals surface area contributed by atoms with E-state index in [4.69, 9.17) is 11.6 Å². The second-order valence-corrected chi connectivity index (χ2v) is 5.71. The Hall–Kier alpha value is -0.600. The summed E-state index contributed by atoms with van der Waals surface area (Å²) in [6, 6.07) is 5.70. The average Bonchev–Trinajstić information content (AvgIpc) is 2.78. The lowest BCUT2D eigenvalue weighted by molar-refractivity contribution is 0.490. The minimum atomic E-state index is -0.345. The van der Waals surface area contributed by atoms with E-state index in [-0.39, 0.29) is 16.9 Å². The smallest absolute Gasteiger partial charge is 0.142 e. The molecular weight excluding hydrogens is 225 g/mol. The molecule has 0 amide bonds. The maximum absolute atomic E-state index is 13.3. The highest BCUT2D eigenvalue weighted by Crippen LogP contribution is 2.45. The second kappa shape index (κ2) is 4.01. The van der Waals surface area contributed by atoms with Crippen LogP contribution in [0.5, 0.6) is 0 Å². The third-order valence-corrected chi connectivity index (χ3v) is 3.71. The van der Waals surface area contributed by atoms with Gasteiger partial charge < -0.3 is 5.32 Å². The maximum atomic E-state index is 13.3. The van der Waals surface area contributed by atoms with E-state index in [1.54, 1.807) is 6.07 Å². The molecule has 0 spiro atoms. The van der Waals surface area contributed by atoms with Gasteiger partial charge in [0.2, 0.25) is 0 Å². The summed E-state index contributed by atoms with van der Waals surface area (Å²) in [7, 11) is 0. The van der Waals surface area contributed by atoms with Gasteiger partial charge in [0.15, 0.2) is 0 Å². The molecule has 3 heteroatoms. The monoisotopic (exact) mass is 241 g/mol. The number of rotatable bonds is 3. The molecule has 0 radical (unpaired) electrons. The Morgan fingerprint density at radius 2 is 2.12 bits per heavy atom. The van der Waals surface area contributed by atoms with E-state index in [0.717, 1.165) is 5.56 Å². The van der Waals surface area contributed by atoms with E-state index in [1.165, 1.54) is 12.5 Å². The van der Waals surface area contributed by atoms with Crippen LogP contribution < -0.4 is 5.32 Å². The molecule has 0 aliphatic heterocycles. The highest BCUT2D eigenvalue weighted by molar-refractivity contribution is 6.30. The number of halogens is 2. The summed E-state index contributed by atoms with van der Waals surface area (Å²) < 4.78 is 13.3. The first-order chi connectivity index (χ1) is 7.40. The van der Waals surface area contributed by atoms with Crippen molar-refractivity contribution < 1.29 is 4.39 Å². The lowest BCUT2D eigenvalue weighted by atomic mass is 10.1. The Labute approximate surface area is 101 Å². The number of nitrogens with one attached hydrogen (secondary N) is 1. The van der Waals surface area contributed by atoms with E-state index in [2.05, 4.69) is 26.1 Å². The molecular formula is C13H17ClFN. The lowest BCUT2D eigenvalue weighted by Gasteiger charge is -2.15. The normalized spacial score (nSPS) is 24.2. The molecule has 1 aromatic carbocycles. The predicted molar refractivity (Wildman–Crippen MR) is 65.1 cm³/mol. The number of hydrogen-bond acceptors (Lipinski definition) is 1. The van der Waals surface area contributed by atoms with Crippen molar-refractivity contribution in [2.45, 2.75) is 39.3 Å². The van der Waals surface area contributed by atoms with Gasteiger partial charge in [0.1, 0.15) is 5.82 Å². The van der Waals surface area contributed by atoms with Gasteiger partial charge in [0.25, 0.3) is 0 Å². The Kier molecular flexibility index (Phi) is 2.97. The van der Waals surface area contributed by atoms with Crippen molar-refractivity contribution in [3.63, 3.8) is 0 Å². The summed E-state index contributed by atoms with van der Waals surface area (Å²) in [5.74, 6) is -0.345. The fourth-order valence-corrected chi connectivity index (χ4v) is 2.05. The van der Waals surface area contributed by atoms with Gasteiger partial charge in [-0.1, -0.05) is 31.5 Å². The van der Waals surface area contributed by atoms with Crippen LogP contribution in [0.15, 0.2) is 18.2 Å². The molecule has 0 bridgehead atoms. The van der Waals surface area contributed by atoms with Crippen LogP contribution in [0.2, 0.25) is 5.02 Å². The molecule has 1 aliphatic rings. The van der Waals surface area contributed by atoms with Crippen LogP contribution in [0.1, 0.15) is 38.8 Å². The topological polar surface area (TPSA) is 12.0 Å². The summed E-state index contributed by atoms with van der Waals surface area (Å²) in [4.78, 5) is 0.